The maximum absolute atomic E-state index is 12.5. The average Bonchev–Trinajstić information content (AvgIpc) is 2.71. The van der Waals surface area contributed by atoms with Gasteiger partial charge in [-0.05, 0) is 62.3 Å². The van der Waals surface area contributed by atoms with E-state index in [-0.39, 0.29) is 5.91 Å². The predicted octanol–water partition coefficient (Wildman–Crippen LogP) is 3.52. The molecule has 1 aromatic rings. The normalized spacial score (nSPS) is 19.4. The maximum Gasteiger partial charge on any atom is 0.254 e. The fourth-order valence-corrected chi connectivity index (χ4v) is 3.03. The minimum atomic E-state index is 0.249. The summed E-state index contributed by atoms with van der Waals surface area (Å²) >= 11 is 0. The van der Waals surface area contributed by atoms with Crippen LogP contribution in [0.5, 0.6) is 0 Å². The number of hydrogen-bond acceptors (Lipinski definition) is 1. The van der Waals surface area contributed by atoms with Crippen LogP contribution in [0.4, 0.5) is 5.69 Å². The first-order chi connectivity index (χ1) is 8.66. The van der Waals surface area contributed by atoms with E-state index < -0.39 is 0 Å². The molecule has 0 aromatic heterocycles. The molecule has 1 aromatic carbocycles. The van der Waals surface area contributed by atoms with Crippen molar-refractivity contribution in [2.24, 2.45) is 0 Å². The molecule has 1 amide bonds. The van der Waals surface area contributed by atoms with Gasteiger partial charge in [-0.25, -0.2) is 0 Å². The van der Waals surface area contributed by atoms with Crippen LogP contribution in [-0.2, 0) is 4.79 Å². The van der Waals surface area contributed by atoms with Gasteiger partial charge in [0, 0.05) is 17.8 Å². The summed E-state index contributed by atoms with van der Waals surface area (Å²) in [6.45, 7) is 4.98. The second kappa shape index (κ2) is 4.27. The second-order valence-electron chi connectivity index (χ2n) is 5.47. The Morgan fingerprint density at radius 2 is 1.89 bits per heavy atom. The molecule has 0 spiro atoms. The summed E-state index contributed by atoms with van der Waals surface area (Å²) in [7, 11) is 0. The van der Waals surface area contributed by atoms with E-state index in [0.29, 0.717) is 0 Å². The molecule has 0 saturated carbocycles. The average molecular weight is 241 g/mol. The van der Waals surface area contributed by atoms with Crippen LogP contribution in [0.1, 0.15) is 36.8 Å². The number of amides is 1. The molecule has 2 nitrogen and oxygen atoms in total. The molecule has 0 N–H and O–H groups in total. The molecule has 0 saturated heterocycles. The smallest absolute Gasteiger partial charge is 0.254 e. The molecule has 2 aliphatic rings. The van der Waals surface area contributed by atoms with E-state index in [1.165, 1.54) is 29.5 Å². The first-order valence-corrected chi connectivity index (χ1v) is 6.77. The van der Waals surface area contributed by atoms with E-state index in [1.807, 2.05) is 4.90 Å². The Morgan fingerprint density at radius 1 is 1.11 bits per heavy atom. The Morgan fingerprint density at radius 3 is 2.67 bits per heavy atom. The zero-order valence-corrected chi connectivity index (χ0v) is 11.1. The van der Waals surface area contributed by atoms with Gasteiger partial charge in [-0.1, -0.05) is 12.1 Å². The van der Waals surface area contributed by atoms with Gasteiger partial charge in [-0.2, -0.15) is 0 Å². The Labute approximate surface area is 108 Å². The van der Waals surface area contributed by atoms with Gasteiger partial charge in [0.2, 0.25) is 0 Å². The number of anilines is 1. The van der Waals surface area contributed by atoms with Crippen LogP contribution in [0.15, 0.2) is 29.3 Å². The van der Waals surface area contributed by atoms with E-state index in [9.17, 15) is 4.79 Å². The lowest BCUT2D eigenvalue weighted by molar-refractivity contribution is -0.114. The highest BCUT2D eigenvalue weighted by Crippen LogP contribution is 2.35. The predicted molar refractivity (Wildman–Crippen MR) is 73.8 cm³/mol. The van der Waals surface area contributed by atoms with E-state index in [4.69, 9.17) is 0 Å². The van der Waals surface area contributed by atoms with Crippen LogP contribution in [0.3, 0.4) is 0 Å². The first-order valence-electron chi connectivity index (χ1n) is 6.77. The number of aryl methyl sites for hydroxylation is 2. The molecule has 0 fully saturated rings. The van der Waals surface area contributed by atoms with Crippen molar-refractivity contribution in [1.29, 1.82) is 0 Å². The highest BCUT2D eigenvalue weighted by atomic mass is 16.2. The van der Waals surface area contributed by atoms with Gasteiger partial charge in [0.05, 0.1) is 0 Å². The van der Waals surface area contributed by atoms with Crippen molar-refractivity contribution in [3.63, 3.8) is 0 Å². The van der Waals surface area contributed by atoms with Crippen molar-refractivity contribution in [1.82, 2.24) is 0 Å². The summed E-state index contributed by atoms with van der Waals surface area (Å²) in [5.41, 5.74) is 5.98. The first kappa shape index (κ1) is 11.5. The van der Waals surface area contributed by atoms with E-state index in [0.717, 1.165) is 30.6 Å². The molecule has 0 unspecified atom stereocenters. The van der Waals surface area contributed by atoms with Gasteiger partial charge >= 0.3 is 0 Å². The van der Waals surface area contributed by atoms with Crippen molar-refractivity contribution in [3.05, 3.63) is 40.5 Å². The maximum atomic E-state index is 12.5. The second-order valence-corrected chi connectivity index (χ2v) is 5.47. The lowest BCUT2D eigenvalue weighted by Crippen LogP contribution is -2.27. The van der Waals surface area contributed by atoms with Gasteiger partial charge in [0.15, 0.2) is 0 Å². The Hall–Kier alpha value is -1.57. The fraction of sp³-hybridized carbons (Fsp3) is 0.438. The van der Waals surface area contributed by atoms with Crippen molar-refractivity contribution >= 4 is 11.6 Å². The summed E-state index contributed by atoms with van der Waals surface area (Å²) < 4.78 is 0. The highest BCUT2D eigenvalue weighted by Gasteiger charge is 2.32. The molecule has 1 aliphatic carbocycles. The molecule has 94 valence electrons. The van der Waals surface area contributed by atoms with Crippen LogP contribution in [0.2, 0.25) is 0 Å². The zero-order chi connectivity index (χ0) is 12.7. The molecule has 2 heteroatoms. The van der Waals surface area contributed by atoms with Crippen LogP contribution in [-0.4, -0.2) is 12.5 Å². The lowest BCUT2D eigenvalue weighted by Gasteiger charge is -2.20. The van der Waals surface area contributed by atoms with E-state index in [1.54, 1.807) is 0 Å². The molecule has 3 rings (SSSR count). The van der Waals surface area contributed by atoms with Gasteiger partial charge < -0.3 is 4.90 Å². The van der Waals surface area contributed by atoms with Gasteiger partial charge in [0.25, 0.3) is 5.91 Å². The van der Waals surface area contributed by atoms with Crippen LogP contribution < -0.4 is 4.90 Å². The summed E-state index contributed by atoms with van der Waals surface area (Å²) in [5, 5.41) is 0. The van der Waals surface area contributed by atoms with Gasteiger partial charge in [0.1, 0.15) is 0 Å². The summed E-state index contributed by atoms with van der Waals surface area (Å²) in [4.78, 5) is 14.4. The molecule has 0 bridgehead atoms. The molecule has 0 atom stereocenters. The number of hydrogen-bond donors (Lipinski definition) is 0. The zero-order valence-electron chi connectivity index (χ0n) is 11.1. The van der Waals surface area contributed by atoms with E-state index in [2.05, 4.69) is 32.0 Å². The molecule has 0 radical (unpaired) electrons. The number of benzene rings is 1. The summed E-state index contributed by atoms with van der Waals surface area (Å²) in [6, 6.07) is 6.34. The minimum Gasteiger partial charge on any atom is -0.304 e. The molecular formula is C16H19NO. The van der Waals surface area contributed by atoms with Crippen LogP contribution >= 0.6 is 0 Å². The Balaban J connectivity index is 1.96. The van der Waals surface area contributed by atoms with Crippen molar-refractivity contribution in [3.8, 4) is 0 Å². The summed E-state index contributed by atoms with van der Waals surface area (Å²) in [5.74, 6) is 0.249. The third kappa shape index (κ3) is 1.76. The number of nitrogens with zero attached hydrogens (tertiary/aromatic N) is 1. The van der Waals surface area contributed by atoms with Crippen molar-refractivity contribution in [2.45, 2.75) is 39.5 Å². The van der Waals surface area contributed by atoms with Crippen molar-refractivity contribution in [2.75, 3.05) is 11.4 Å². The third-order valence-corrected chi connectivity index (χ3v) is 4.09. The Bertz CT molecular complexity index is 542. The number of rotatable bonds is 1. The van der Waals surface area contributed by atoms with Gasteiger partial charge in [-0.15, -0.1) is 0 Å². The quantitative estimate of drug-likeness (QED) is 0.736. The minimum absolute atomic E-state index is 0.249. The Kier molecular flexibility index (Phi) is 2.73. The monoisotopic (exact) mass is 241 g/mol. The highest BCUT2D eigenvalue weighted by molar-refractivity contribution is 6.09. The lowest BCUT2D eigenvalue weighted by atomic mass is 9.94. The molecule has 18 heavy (non-hydrogen) atoms. The topological polar surface area (TPSA) is 20.3 Å². The number of carbonyl (C=O) groups excluding carboxylic acids is 1. The van der Waals surface area contributed by atoms with Crippen molar-refractivity contribution < 1.29 is 4.79 Å². The van der Waals surface area contributed by atoms with Crippen LogP contribution in [0, 0.1) is 13.8 Å². The summed E-state index contributed by atoms with van der Waals surface area (Å²) in [6.07, 6.45) is 4.51. The molecule has 1 heterocycles. The third-order valence-electron chi connectivity index (χ3n) is 4.09. The van der Waals surface area contributed by atoms with E-state index >= 15 is 0 Å². The standard InChI is InChI=1S/C16H19NO/c1-11-7-8-12(2)15(9-11)17-10-13-5-3-4-6-14(13)16(17)18/h7-9H,3-6,10H2,1-2H3. The largest absolute Gasteiger partial charge is 0.304 e. The molecule has 1 aliphatic heterocycles. The van der Waals surface area contributed by atoms with Crippen LogP contribution in [0.25, 0.3) is 0 Å². The van der Waals surface area contributed by atoms with Gasteiger partial charge in [-0.3, -0.25) is 4.79 Å². The fourth-order valence-electron chi connectivity index (χ4n) is 3.03. The molecular weight excluding hydrogens is 222 g/mol. The number of carbonyl (C=O) groups is 1. The SMILES string of the molecule is Cc1ccc(C)c(N2CC3=C(CCCC3)C2=O)c1.